The average Bonchev–Trinajstić information content (AvgIpc) is 2.15. The summed E-state index contributed by atoms with van der Waals surface area (Å²) in [4.78, 5) is 15.6. The van der Waals surface area contributed by atoms with Gasteiger partial charge in [-0.05, 0) is 19.9 Å². The Morgan fingerprint density at radius 1 is 1.65 bits per heavy atom. The molecule has 1 atom stereocenters. The smallest absolute Gasteiger partial charge is 0.304 e. The standard InChI is InChI=1S/C12H14N2O2S/c1-7-4-11(10(6-13)9(3)14-7)17-8(2)5-12(15)16/h4,8H,5H2,1-3H3,(H,15,16). The Kier molecular flexibility index (Phi) is 4.53. The highest BCUT2D eigenvalue weighted by molar-refractivity contribution is 8.00. The topological polar surface area (TPSA) is 74.0 Å². The summed E-state index contributed by atoms with van der Waals surface area (Å²) in [6.45, 7) is 5.49. The van der Waals surface area contributed by atoms with Crippen LogP contribution in [-0.4, -0.2) is 21.3 Å². The van der Waals surface area contributed by atoms with Crippen molar-refractivity contribution < 1.29 is 9.90 Å². The molecule has 0 saturated carbocycles. The SMILES string of the molecule is Cc1cc(SC(C)CC(=O)O)c(C#N)c(C)n1. The van der Waals surface area contributed by atoms with Gasteiger partial charge in [-0.25, -0.2) is 0 Å². The molecule has 5 heteroatoms. The van der Waals surface area contributed by atoms with Crippen molar-refractivity contribution in [3.8, 4) is 6.07 Å². The molecule has 1 heterocycles. The summed E-state index contributed by atoms with van der Waals surface area (Å²) in [6.07, 6.45) is 0.0793. The zero-order chi connectivity index (χ0) is 13.0. The minimum atomic E-state index is -0.828. The minimum Gasteiger partial charge on any atom is -0.481 e. The molecule has 0 aliphatic carbocycles. The maximum atomic E-state index is 10.6. The number of aromatic nitrogens is 1. The van der Waals surface area contributed by atoms with Crippen LogP contribution in [0.3, 0.4) is 0 Å². The Bertz CT molecular complexity index is 480. The quantitative estimate of drug-likeness (QED) is 0.831. The Labute approximate surface area is 105 Å². The van der Waals surface area contributed by atoms with Gasteiger partial charge in [0.05, 0.1) is 17.7 Å². The third-order valence-electron chi connectivity index (χ3n) is 2.19. The Hall–Kier alpha value is -1.54. The fourth-order valence-electron chi connectivity index (χ4n) is 1.53. The van der Waals surface area contributed by atoms with Gasteiger partial charge in [0.25, 0.3) is 0 Å². The van der Waals surface area contributed by atoms with Gasteiger partial charge in [0.1, 0.15) is 6.07 Å². The number of carboxylic acids is 1. The first kappa shape index (κ1) is 13.5. The molecule has 1 rings (SSSR count). The predicted molar refractivity (Wildman–Crippen MR) is 66.0 cm³/mol. The van der Waals surface area contributed by atoms with E-state index in [1.807, 2.05) is 19.9 Å². The van der Waals surface area contributed by atoms with Crippen molar-refractivity contribution in [2.75, 3.05) is 0 Å². The van der Waals surface area contributed by atoms with Crippen LogP contribution in [0.2, 0.25) is 0 Å². The van der Waals surface area contributed by atoms with Crippen LogP contribution in [0.15, 0.2) is 11.0 Å². The largest absolute Gasteiger partial charge is 0.481 e. The van der Waals surface area contributed by atoms with E-state index in [1.165, 1.54) is 11.8 Å². The van der Waals surface area contributed by atoms with Crippen molar-refractivity contribution >= 4 is 17.7 Å². The number of hydrogen-bond donors (Lipinski definition) is 1. The molecule has 0 aliphatic rings. The Morgan fingerprint density at radius 3 is 2.82 bits per heavy atom. The number of nitrogens with zero attached hydrogens (tertiary/aromatic N) is 2. The molecular formula is C12H14N2O2S. The molecule has 1 N–H and O–H groups in total. The number of hydrogen-bond acceptors (Lipinski definition) is 4. The van der Waals surface area contributed by atoms with Crippen LogP contribution in [-0.2, 0) is 4.79 Å². The molecular weight excluding hydrogens is 236 g/mol. The number of aryl methyl sites for hydroxylation is 2. The lowest BCUT2D eigenvalue weighted by molar-refractivity contribution is -0.136. The average molecular weight is 250 g/mol. The summed E-state index contributed by atoms with van der Waals surface area (Å²) in [5, 5.41) is 17.7. The van der Waals surface area contributed by atoms with E-state index in [2.05, 4.69) is 11.1 Å². The van der Waals surface area contributed by atoms with Crippen LogP contribution in [0, 0.1) is 25.2 Å². The first-order chi connectivity index (χ1) is 7.93. The molecule has 1 aromatic rings. The summed E-state index contributed by atoms with van der Waals surface area (Å²) in [7, 11) is 0. The highest BCUT2D eigenvalue weighted by atomic mass is 32.2. The molecule has 17 heavy (non-hydrogen) atoms. The van der Waals surface area contributed by atoms with Crippen LogP contribution in [0.4, 0.5) is 0 Å². The van der Waals surface area contributed by atoms with E-state index in [1.54, 1.807) is 6.92 Å². The fourth-order valence-corrected chi connectivity index (χ4v) is 2.74. The number of pyridine rings is 1. The summed E-state index contributed by atoms with van der Waals surface area (Å²) in [6, 6.07) is 3.95. The summed E-state index contributed by atoms with van der Waals surface area (Å²) < 4.78 is 0. The van der Waals surface area contributed by atoms with Gasteiger partial charge in [0.2, 0.25) is 0 Å². The van der Waals surface area contributed by atoms with E-state index in [-0.39, 0.29) is 11.7 Å². The maximum absolute atomic E-state index is 10.6. The van der Waals surface area contributed by atoms with Gasteiger partial charge in [-0.2, -0.15) is 5.26 Å². The normalized spacial score (nSPS) is 11.9. The van der Waals surface area contributed by atoms with E-state index in [9.17, 15) is 4.79 Å². The zero-order valence-electron chi connectivity index (χ0n) is 10.0. The number of aliphatic carboxylic acids is 1. The number of carboxylic acid groups (broad SMARTS) is 1. The highest BCUT2D eigenvalue weighted by Crippen LogP contribution is 2.29. The molecule has 0 radical (unpaired) electrons. The molecule has 1 unspecified atom stereocenters. The monoisotopic (exact) mass is 250 g/mol. The van der Waals surface area contributed by atoms with Gasteiger partial charge in [-0.15, -0.1) is 11.8 Å². The molecule has 0 aromatic carbocycles. The lowest BCUT2D eigenvalue weighted by Gasteiger charge is -2.11. The van der Waals surface area contributed by atoms with E-state index >= 15 is 0 Å². The number of thioether (sulfide) groups is 1. The number of rotatable bonds is 4. The highest BCUT2D eigenvalue weighted by Gasteiger charge is 2.14. The third-order valence-corrected chi connectivity index (χ3v) is 3.34. The lowest BCUT2D eigenvalue weighted by atomic mass is 10.2. The second-order valence-electron chi connectivity index (χ2n) is 3.86. The summed E-state index contributed by atoms with van der Waals surface area (Å²) in [5.41, 5.74) is 2.07. The second kappa shape index (κ2) is 5.69. The molecule has 0 fully saturated rings. The van der Waals surface area contributed by atoms with Crippen molar-refractivity contribution in [1.29, 1.82) is 5.26 Å². The van der Waals surface area contributed by atoms with Gasteiger partial charge >= 0.3 is 5.97 Å². The molecule has 0 saturated heterocycles. The van der Waals surface area contributed by atoms with Crippen LogP contribution in [0.1, 0.15) is 30.3 Å². The molecule has 4 nitrogen and oxygen atoms in total. The lowest BCUT2D eigenvalue weighted by Crippen LogP contribution is -2.06. The number of carbonyl (C=O) groups is 1. The maximum Gasteiger partial charge on any atom is 0.304 e. The second-order valence-corrected chi connectivity index (χ2v) is 5.34. The summed E-state index contributed by atoms with van der Waals surface area (Å²) >= 11 is 1.41. The Balaban J connectivity index is 2.98. The summed E-state index contributed by atoms with van der Waals surface area (Å²) in [5.74, 6) is -0.828. The van der Waals surface area contributed by atoms with E-state index in [4.69, 9.17) is 10.4 Å². The van der Waals surface area contributed by atoms with Crippen LogP contribution in [0.5, 0.6) is 0 Å². The van der Waals surface area contributed by atoms with Gasteiger partial charge in [0.15, 0.2) is 0 Å². The third kappa shape index (κ3) is 3.75. The fraction of sp³-hybridized carbons (Fsp3) is 0.417. The number of nitriles is 1. The molecule has 1 aromatic heterocycles. The van der Waals surface area contributed by atoms with Gasteiger partial charge in [-0.1, -0.05) is 6.92 Å². The first-order valence-corrected chi connectivity index (χ1v) is 6.08. The van der Waals surface area contributed by atoms with Crippen molar-refractivity contribution in [3.63, 3.8) is 0 Å². The van der Waals surface area contributed by atoms with Gasteiger partial charge in [-0.3, -0.25) is 9.78 Å². The molecule has 90 valence electrons. The van der Waals surface area contributed by atoms with E-state index in [0.29, 0.717) is 11.3 Å². The Morgan fingerprint density at radius 2 is 2.29 bits per heavy atom. The van der Waals surface area contributed by atoms with Crippen LogP contribution in [0.25, 0.3) is 0 Å². The van der Waals surface area contributed by atoms with Gasteiger partial charge < -0.3 is 5.11 Å². The van der Waals surface area contributed by atoms with E-state index < -0.39 is 5.97 Å². The van der Waals surface area contributed by atoms with E-state index in [0.717, 1.165) is 10.6 Å². The van der Waals surface area contributed by atoms with Crippen molar-refractivity contribution in [1.82, 2.24) is 4.98 Å². The van der Waals surface area contributed by atoms with Gasteiger partial charge in [0, 0.05) is 15.8 Å². The first-order valence-electron chi connectivity index (χ1n) is 5.20. The van der Waals surface area contributed by atoms with Crippen molar-refractivity contribution in [3.05, 3.63) is 23.0 Å². The van der Waals surface area contributed by atoms with Crippen LogP contribution >= 0.6 is 11.8 Å². The van der Waals surface area contributed by atoms with Crippen molar-refractivity contribution in [2.45, 2.75) is 37.3 Å². The molecule has 0 amide bonds. The molecule has 0 spiro atoms. The molecule has 0 aliphatic heterocycles. The van der Waals surface area contributed by atoms with Crippen molar-refractivity contribution in [2.24, 2.45) is 0 Å². The zero-order valence-corrected chi connectivity index (χ0v) is 10.8. The minimum absolute atomic E-state index is 0.0687. The molecule has 0 bridgehead atoms. The van der Waals surface area contributed by atoms with Crippen LogP contribution < -0.4 is 0 Å². The predicted octanol–water partition coefficient (Wildman–Crippen LogP) is 2.53.